The van der Waals surface area contributed by atoms with Gasteiger partial charge < -0.3 is 5.32 Å². The van der Waals surface area contributed by atoms with Crippen LogP contribution in [0.1, 0.15) is 42.9 Å². The summed E-state index contributed by atoms with van der Waals surface area (Å²) in [5, 5.41) is 3.43. The van der Waals surface area contributed by atoms with Crippen LogP contribution in [0.25, 0.3) is 0 Å². The molecule has 0 aromatic heterocycles. The Morgan fingerprint density at radius 2 is 2.00 bits per heavy atom. The van der Waals surface area contributed by atoms with Crippen molar-refractivity contribution >= 4 is 9.84 Å². The number of nitrogens with one attached hydrogen (secondary N) is 1. The Bertz CT molecular complexity index is 567. The SMILES string of the molecule is CS(=O)(=O)C1CCCC(C2NCc3ccccc32)C1. The van der Waals surface area contributed by atoms with Gasteiger partial charge >= 0.3 is 0 Å². The average molecular weight is 279 g/mol. The van der Waals surface area contributed by atoms with Crippen molar-refractivity contribution in [1.82, 2.24) is 5.32 Å². The monoisotopic (exact) mass is 279 g/mol. The van der Waals surface area contributed by atoms with Gasteiger partial charge in [-0.05, 0) is 36.3 Å². The maximum absolute atomic E-state index is 11.8. The van der Waals surface area contributed by atoms with Gasteiger partial charge in [-0.2, -0.15) is 0 Å². The lowest BCUT2D eigenvalue weighted by atomic mass is 9.81. The van der Waals surface area contributed by atoms with Crippen LogP contribution in [0.2, 0.25) is 0 Å². The molecule has 1 N–H and O–H groups in total. The van der Waals surface area contributed by atoms with Crippen LogP contribution in [0, 0.1) is 5.92 Å². The van der Waals surface area contributed by atoms with Crippen LogP contribution >= 0.6 is 0 Å². The molecule has 1 aliphatic heterocycles. The number of benzene rings is 1. The van der Waals surface area contributed by atoms with Crippen LogP contribution in [0.5, 0.6) is 0 Å². The molecule has 104 valence electrons. The van der Waals surface area contributed by atoms with Gasteiger partial charge in [0.25, 0.3) is 0 Å². The molecular weight excluding hydrogens is 258 g/mol. The minimum absolute atomic E-state index is 0.138. The molecule has 2 aliphatic rings. The fourth-order valence-corrected chi connectivity index (χ4v) is 4.81. The Hall–Kier alpha value is -0.870. The van der Waals surface area contributed by atoms with E-state index in [1.54, 1.807) is 0 Å². The zero-order valence-corrected chi connectivity index (χ0v) is 12.1. The Morgan fingerprint density at radius 1 is 1.21 bits per heavy atom. The highest BCUT2D eigenvalue weighted by Gasteiger charge is 2.35. The summed E-state index contributed by atoms with van der Waals surface area (Å²) in [6, 6.07) is 8.85. The molecule has 1 aromatic carbocycles. The molecule has 0 saturated heterocycles. The van der Waals surface area contributed by atoms with E-state index in [4.69, 9.17) is 0 Å². The molecule has 3 nitrogen and oxygen atoms in total. The molecule has 3 atom stereocenters. The van der Waals surface area contributed by atoms with E-state index in [2.05, 4.69) is 29.6 Å². The summed E-state index contributed by atoms with van der Waals surface area (Å²) in [6.45, 7) is 0.918. The second-order valence-electron chi connectivity index (χ2n) is 5.94. The lowest BCUT2D eigenvalue weighted by molar-refractivity contribution is 0.283. The second-order valence-corrected chi connectivity index (χ2v) is 8.26. The summed E-state index contributed by atoms with van der Waals surface area (Å²) < 4.78 is 23.5. The van der Waals surface area contributed by atoms with Crippen LogP contribution in [-0.4, -0.2) is 19.9 Å². The first-order valence-electron chi connectivity index (χ1n) is 7.06. The molecule has 1 heterocycles. The Labute approximate surface area is 115 Å². The average Bonchev–Trinajstić information content (AvgIpc) is 2.82. The van der Waals surface area contributed by atoms with Crippen LogP contribution in [-0.2, 0) is 16.4 Å². The second kappa shape index (κ2) is 4.91. The van der Waals surface area contributed by atoms with E-state index in [0.29, 0.717) is 12.0 Å². The maximum Gasteiger partial charge on any atom is 0.150 e. The van der Waals surface area contributed by atoms with E-state index in [9.17, 15) is 8.42 Å². The zero-order valence-electron chi connectivity index (χ0n) is 11.3. The quantitative estimate of drug-likeness (QED) is 0.904. The number of hydrogen-bond acceptors (Lipinski definition) is 3. The minimum atomic E-state index is -2.89. The molecule has 0 spiro atoms. The smallest absolute Gasteiger partial charge is 0.150 e. The van der Waals surface area contributed by atoms with E-state index in [0.717, 1.165) is 32.2 Å². The molecule has 0 radical (unpaired) electrons. The highest BCUT2D eigenvalue weighted by atomic mass is 32.2. The summed E-state index contributed by atoms with van der Waals surface area (Å²) in [6.07, 6.45) is 5.20. The van der Waals surface area contributed by atoms with E-state index < -0.39 is 9.84 Å². The van der Waals surface area contributed by atoms with Crippen LogP contribution in [0.4, 0.5) is 0 Å². The van der Waals surface area contributed by atoms with Crippen LogP contribution in [0.15, 0.2) is 24.3 Å². The molecule has 1 fully saturated rings. The molecule has 0 amide bonds. The fraction of sp³-hybridized carbons (Fsp3) is 0.600. The van der Waals surface area contributed by atoms with E-state index in [-0.39, 0.29) is 5.25 Å². The molecule has 0 bridgehead atoms. The van der Waals surface area contributed by atoms with Gasteiger partial charge in [0, 0.05) is 18.8 Å². The Balaban J connectivity index is 1.81. The third-order valence-electron chi connectivity index (χ3n) is 4.65. The van der Waals surface area contributed by atoms with Gasteiger partial charge in [0.05, 0.1) is 5.25 Å². The van der Waals surface area contributed by atoms with Crippen molar-refractivity contribution in [2.24, 2.45) is 5.92 Å². The number of fused-ring (bicyclic) bond motifs is 1. The number of hydrogen-bond donors (Lipinski definition) is 1. The van der Waals surface area contributed by atoms with E-state index >= 15 is 0 Å². The summed E-state index contributed by atoms with van der Waals surface area (Å²) in [5.41, 5.74) is 2.75. The van der Waals surface area contributed by atoms with Gasteiger partial charge in [0.1, 0.15) is 9.84 Å². The fourth-order valence-electron chi connectivity index (χ4n) is 3.62. The van der Waals surface area contributed by atoms with E-state index in [1.807, 2.05) is 0 Å². The van der Waals surface area contributed by atoms with Crippen molar-refractivity contribution in [3.8, 4) is 0 Å². The lowest BCUT2D eigenvalue weighted by Gasteiger charge is -2.32. The molecule has 4 heteroatoms. The normalized spacial score (nSPS) is 31.1. The highest BCUT2D eigenvalue weighted by molar-refractivity contribution is 7.91. The van der Waals surface area contributed by atoms with Gasteiger partial charge in [0.15, 0.2) is 0 Å². The van der Waals surface area contributed by atoms with E-state index in [1.165, 1.54) is 17.4 Å². The first kappa shape index (κ1) is 13.1. The molecule has 3 unspecified atom stereocenters. The predicted octanol–water partition coefficient (Wildman–Crippen LogP) is 2.43. The highest BCUT2D eigenvalue weighted by Crippen LogP contribution is 2.40. The third-order valence-corrected chi connectivity index (χ3v) is 6.29. The van der Waals surface area contributed by atoms with Gasteiger partial charge in [-0.3, -0.25) is 0 Å². The first-order valence-corrected chi connectivity index (χ1v) is 9.01. The van der Waals surface area contributed by atoms with Crippen molar-refractivity contribution in [2.45, 2.75) is 43.5 Å². The topological polar surface area (TPSA) is 46.2 Å². The van der Waals surface area contributed by atoms with Gasteiger partial charge in [-0.1, -0.05) is 30.7 Å². The first-order chi connectivity index (χ1) is 9.05. The van der Waals surface area contributed by atoms with Crippen LogP contribution in [0.3, 0.4) is 0 Å². The summed E-state index contributed by atoms with van der Waals surface area (Å²) >= 11 is 0. The zero-order chi connectivity index (χ0) is 13.5. The maximum atomic E-state index is 11.8. The van der Waals surface area contributed by atoms with Gasteiger partial charge in [-0.25, -0.2) is 8.42 Å². The molecule has 1 saturated carbocycles. The minimum Gasteiger partial charge on any atom is -0.306 e. The predicted molar refractivity (Wildman–Crippen MR) is 76.6 cm³/mol. The lowest BCUT2D eigenvalue weighted by Crippen LogP contribution is -2.33. The Kier molecular flexibility index (Phi) is 3.39. The Morgan fingerprint density at radius 3 is 2.79 bits per heavy atom. The molecule has 19 heavy (non-hydrogen) atoms. The van der Waals surface area contributed by atoms with Gasteiger partial charge in [0.2, 0.25) is 0 Å². The van der Waals surface area contributed by atoms with Crippen molar-refractivity contribution < 1.29 is 8.42 Å². The summed E-state index contributed by atoms with van der Waals surface area (Å²) in [7, 11) is -2.89. The number of rotatable bonds is 2. The summed E-state index contributed by atoms with van der Waals surface area (Å²) in [5.74, 6) is 0.456. The van der Waals surface area contributed by atoms with Crippen molar-refractivity contribution in [3.63, 3.8) is 0 Å². The van der Waals surface area contributed by atoms with Crippen molar-refractivity contribution in [2.75, 3.05) is 6.26 Å². The van der Waals surface area contributed by atoms with Gasteiger partial charge in [-0.15, -0.1) is 0 Å². The molecular formula is C15H21NO2S. The summed E-state index contributed by atoms with van der Waals surface area (Å²) in [4.78, 5) is 0. The largest absolute Gasteiger partial charge is 0.306 e. The van der Waals surface area contributed by atoms with Crippen molar-refractivity contribution in [1.29, 1.82) is 0 Å². The standard InChI is InChI=1S/C15H21NO2S/c1-19(17,18)13-7-4-6-11(9-13)15-14-8-3-2-5-12(14)10-16-15/h2-3,5,8,11,13,15-16H,4,6-7,9-10H2,1H3. The van der Waals surface area contributed by atoms with Crippen molar-refractivity contribution in [3.05, 3.63) is 35.4 Å². The van der Waals surface area contributed by atoms with Crippen LogP contribution < -0.4 is 5.32 Å². The number of sulfone groups is 1. The third kappa shape index (κ3) is 2.56. The molecule has 3 rings (SSSR count). The molecule has 1 aromatic rings. The molecule has 1 aliphatic carbocycles.